The predicted molar refractivity (Wildman–Crippen MR) is 66.3 cm³/mol. The van der Waals surface area contributed by atoms with E-state index in [1.165, 1.54) is 51.9 Å². The van der Waals surface area contributed by atoms with Gasteiger partial charge in [0.15, 0.2) is 0 Å². The summed E-state index contributed by atoms with van der Waals surface area (Å²) in [4.78, 5) is 4.70. The highest BCUT2D eigenvalue weighted by Gasteiger charge is 2.19. The van der Waals surface area contributed by atoms with Gasteiger partial charge >= 0.3 is 0 Å². The van der Waals surface area contributed by atoms with Crippen molar-refractivity contribution in [2.75, 3.05) is 47.3 Å². The molecule has 0 heterocycles. The van der Waals surface area contributed by atoms with E-state index in [9.17, 15) is 0 Å². The van der Waals surface area contributed by atoms with Gasteiger partial charge in [0.1, 0.15) is 0 Å². The molecule has 1 rings (SSSR count). The van der Waals surface area contributed by atoms with E-state index in [1.807, 2.05) is 0 Å². The number of hydrogen-bond donors (Lipinski definition) is 1. The maximum atomic E-state index is 3.55. The Labute approximate surface area is 94.8 Å². The van der Waals surface area contributed by atoms with E-state index >= 15 is 0 Å². The SMILES string of the molecule is CN(C)CCCN(C)CCCNC1CC1. The molecule has 0 aromatic heterocycles. The van der Waals surface area contributed by atoms with Gasteiger partial charge in [-0.05, 0) is 73.0 Å². The molecule has 0 unspecified atom stereocenters. The van der Waals surface area contributed by atoms with Crippen molar-refractivity contribution in [2.24, 2.45) is 0 Å². The molecule has 0 bridgehead atoms. The molecule has 0 aliphatic heterocycles. The van der Waals surface area contributed by atoms with Crippen molar-refractivity contribution >= 4 is 0 Å². The second-order valence-corrected chi connectivity index (χ2v) is 5.04. The smallest absolute Gasteiger partial charge is 0.00682 e. The third-order valence-corrected chi connectivity index (χ3v) is 2.87. The Balaban J connectivity index is 1.81. The van der Waals surface area contributed by atoms with Gasteiger partial charge in [0.05, 0.1) is 0 Å². The largest absolute Gasteiger partial charge is 0.314 e. The molecule has 0 atom stereocenters. The molecule has 3 heteroatoms. The molecule has 15 heavy (non-hydrogen) atoms. The van der Waals surface area contributed by atoms with E-state index in [4.69, 9.17) is 0 Å². The standard InChI is InChI=1S/C12H27N3/c1-14(2)9-5-11-15(3)10-4-8-13-12-6-7-12/h12-13H,4-11H2,1-3H3. The van der Waals surface area contributed by atoms with Crippen molar-refractivity contribution in [1.82, 2.24) is 15.1 Å². The quantitative estimate of drug-likeness (QED) is 0.577. The topological polar surface area (TPSA) is 18.5 Å². The first-order valence-corrected chi connectivity index (χ1v) is 6.25. The van der Waals surface area contributed by atoms with E-state index in [2.05, 4.69) is 36.3 Å². The molecule has 0 amide bonds. The monoisotopic (exact) mass is 213 g/mol. The van der Waals surface area contributed by atoms with Crippen LogP contribution >= 0.6 is 0 Å². The lowest BCUT2D eigenvalue weighted by Crippen LogP contribution is -2.27. The average Bonchev–Trinajstić information content (AvgIpc) is 2.95. The minimum Gasteiger partial charge on any atom is -0.314 e. The van der Waals surface area contributed by atoms with E-state index in [0.29, 0.717) is 0 Å². The van der Waals surface area contributed by atoms with Gasteiger partial charge in [-0.15, -0.1) is 0 Å². The summed E-state index contributed by atoms with van der Waals surface area (Å²) in [6, 6.07) is 0.865. The third-order valence-electron chi connectivity index (χ3n) is 2.87. The molecule has 3 nitrogen and oxygen atoms in total. The van der Waals surface area contributed by atoms with E-state index < -0.39 is 0 Å². The summed E-state index contributed by atoms with van der Waals surface area (Å²) in [5.41, 5.74) is 0. The predicted octanol–water partition coefficient (Wildman–Crippen LogP) is 1.01. The molecule has 0 aromatic carbocycles. The highest BCUT2D eigenvalue weighted by Crippen LogP contribution is 2.18. The molecule has 1 aliphatic rings. The minimum atomic E-state index is 0.865. The Hall–Kier alpha value is -0.120. The van der Waals surface area contributed by atoms with Crippen LogP contribution < -0.4 is 5.32 Å². The molecule has 0 saturated heterocycles. The van der Waals surface area contributed by atoms with Crippen LogP contribution in [0, 0.1) is 0 Å². The zero-order valence-corrected chi connectivity index (χ0v) is 10.6. The van der Waals surface area contributed by atoms with Gasteiger partial charge in [0.25, 0.3) is 0 Å². The van der Waals surface area contributed by atoms with Gasteiger partial charge in [0, 0.05) is 6.04 Å². The molecular weight excluding hydrogens is 186 g/mol. The van der Waals surface area contributed by atoms with Crippen LogP contribution in [0.3, 0.4) is 0 Å². The molecular formula is C12H27N3. The first-order chi connectivity index (χ1) is 7.18. The van der Waals surface area contributed by atoms with E-state index in [-0.39, 0.29) is 0 Å². The van der Waals surface area contributed by atoms with Crippen molar-refractivity contribution in [2.45, 2.75) is 31.7 Å². The van der Waals surface area contributed by atoms with Gasteiger partial charge < -0.3 is 15.1 Å². The molecule has 90 valence electrons. The van der Waals surface area contributed by atoms with Crippen LogP contribution in [0.15, 0.2) is 0 Å². The van der Waals surface area contributed by atoms with Crippen LogP contribution in [0.1, 0.15) is 25.7 Å². The molecule has 0 aromatic rings. The van der Waals surface area contributed by atoms with E-state index in [0.717, 1.165) is 6.04 Å². The Morgan fingerprint density at radius 2 is 1.67 bits per heavy atom. The van der Waals surface area contributed by atoms with Crippen LogP contribution in [-0.4, -0.2) is 63.2 Å². The fourth-order valence-electron chi connectivity index (χ4n) is 1.71. The summed E-state index contributed by atoms with van der Waals surface area (Å²) in [7, 11) is 6.51. The Bertz CT molecular complexity index is 155. The van der Waals surface area contributed by atoms with Crippen molar-refractivity contribution in [3.8, 4) is 0 Å². The lowest BCUT2D eigenvalue weighted by molar-refractivity contribution is 0.296. The lowest BCUT2D eigenvalue weighted by Gasteiger charge is -2.18. The molecule has 0 spiro atoms. The molecule has 1 aliphatic carbocycles. The van der Waals surface area contributed by atoms with Gasteiger partial charge in [-0.1, -0.05) is 0 Å². The zero-order chi connectivity index (χ0) is 11.1. The van der Waals surface area contributed by atoms with Crippen molar-refractivity contribution in [3.05, 3.63) is 0 Å². The third kappa shape index (κ3) is 7.77. The number of hydrogen-bond acceptors (Lipinski definition) is 3. The van der Waals surface area contributed by atoms with Gasteiger partial charge in [0.2, 0.25) is 0 Å². The lowest BCUT2D eigenvalue weighted by atomic mass is 10.3. The van der Waals surface area contributed by atoms with Crippen molar-refractivity contribution < 1.29 is 0 Å². The van der Waals surface area contributed by atoms with Gasteiger partial charge in [-0.25, -0.2) is 0 Å². The van der Waals surface area contributed by atoms with Crippen LogP contribution in [0.5, 0.6) is 0 Å². The highest BCUT2D eigenvalue weighted by molar-refractivity contribution is 4.80. The zero-order valence-electron chi connectivity index (χ0n) is 10.6. The minimum absolute atomic E-state index is 0.865. The molecule has 1 saturated carbocycles. The van der Waals surface area contributed by atoms with Crippen LogP contribution in [0.25, 0.3) is 0 Å². The Morgan fingerprint density at radius 3 is 2.27 bits per heavy atom. The summed E-state index contributed by atoms with van der Waals surface area (Å²) in [5.74, 6) is 0. The number of nitrogens with one attached hydrogen (secondary N) is 1. The second kappa shape index (κ2) is 7.20. The number of rotatable bonds is 9. The van der Waals surface area contributed by atoms with E-state index in [1.54, 1.807) is 0 Å². The number of nitrogens with zero attached hydrogens (tertiary/aromatic N) is 2. The second-order valence-electron chi connectivity index (χ2n) is 5.04. The summed E-state index contributed by atoms with van der Waals surface area (Å²) in [5, 5.41) is 3.55. The molecule has 1 N–H and O–H groups in total. The Kier molecular flexibility index (Phi) is 6.22. The van der Waals surface area contributed by atoms with Crippen LogP contribution in [0.2, 0.25) is 0 Å². The molecule has 0 radical (unpaired) electrons. The molecule has 1 fully saturated rings. The average molecular weight is 213 g/mol. The maximum absolute atomic E-state index is 3.55. The maximum Gasteiger partial charge on any atom is 0.00682 e. The fraction of sp³-hybridized carbons (Fsp3) is 1.00. The van der Waals surface area contributed by atoms with Gasteiger partial charge in [-0.2, -0.15) is 0 Å². The Morgan fingerprint density at radius 1 is 1.00 bits per heavy atom. The van der Waals surface area contributed by atoms with Gasteiger partial charge in [-0.3, -0.25) is 0 Å². The fourth-order valence-corrected chi connectivity index (χ4v) is 1.71. The summed E-state index contributed by atoms with van der Waals surface area (Å²) < 4.78 is 0. The highest BCUT2D eigenvalue weighted by atomic mass is 15.1. The normalized spacial score (nSPS) is 16.6. The first kappa shape index (κ1) is 12.9. The summed E-state index contributed by atoms with van der Waals surface area (Å²) in [6.07, 6.45) is 5.37. The van der Waals surface area contributed by atoms with Crippen LogP contribution in [-0.2, 0) is 0 Å². The van der Waals surface area contributed by atoms with Crippen molar-refractivity contribution in [1.29, 1.82) is 0 Å². The van der Waals surface area contributed by atoms with Crippen molar-refractivity contribution in [3.63, 3.8) is 0 Å². The first-order valence-electron chi connectivity index (χ1n) is 6.25. The summed E-state index contributed by atoms with van der Waals surface area (Å²) >= 11 is 0. The summed E-state index contributed by atoms with van der Waals surface area (Å²) in [6.45, 7) is 4.85. The van der Waals surface area contributed by atoms with Crippen LogP contribution in [0.4, 0.5) is 0 Å².